The lowest BCUT2D eigenvalue weighted by Gasteiger charge is -2.35. The maximum atomic E-state index is 13.0. The number of ether oxygens (including phenoxy) is 1. The molecule has 0 saturated carbocycles. The third kappa shape index (κ3) is 4.10. The number of sulfonamides is 1. The van der Waals surface area contributed by atoms with Gasteiger partial charge in [-0.25, -0.2) is 23.2 Å². The average molecular weight is 475 g/mol. The fourth-order valence-corrected chi connectivity index (χ4v) is 6.38. The molecule has 32 heavy (non-hydrogen) atoms. The molecule has 0 N–H and O–H groups in total. The number of benzene rings is 1. The summed E-state index contributed by atoms with van der Waals surface area (Å²) in [5.74, 6) is 0.994. The van der Waals surface area contributed by atoms with Gasteiger partial charge in [0.15, 0.2) is 0 Å². The molecule has 0 atom stereocenters. The molecule has 0 spiro atoms. The van der Waals surface area contributed by atoms with E-state index in [0.29, 0.717) is 48.4 Å². The first-order valence-electron chi connectivity index (χ1n) is 10.5. The molecule has 4 rings (SSSR count). The van der Waals surface area contributed by atoms with E-state index in [0.717, 1.165) is 27.2 Å². The fourth-order valence-electron chi connectivity index (χ4n) is 3.84. The van der Waals surface area contributed by atoms with Crippen LogP contribution in [0.2, 0.25) is 0 Å². The molecule has 1 aromatic carbocycles. The third-order valence-corrected chi connectivity index (χ3v) is 8.62. The van der Waals surface area contributed by atoms with Crippen molar-refractivity contribution in [3.05, 3.63) is 46.1 Å². The van der Waals surface area contributed by atoms with Crippen LogP contribution in [0.1, 0.15) is 33.5 Å². The van der Waals surface area contributed by atoms with Gasteiger partial charge in [0, 0.05) is 26.2 Å². The van der Waals surface area contributed by atoms with Crippen LogP contribution in [0.5, 0.6) is 0 Å². The first-order chi connectivity index (χ1) is 15.2. The lowest BCUT2D eigenvalue weighted by Crippen LogP contribution is -2.49. The van der Waals surface area contributed by atoms with Gasteiger partial charge >= 0.3 is 5.97 Å². The molecule has 0 radical (unpaired) electrons. The molecular weight excluding hydrogens is 448 g/mol. The van der Waals surface area contributed by atoms with Gasteiger partial charge in [-0.05, 0) is 45.4 Å². The van der Waals surface area contributed by atoms with Crippen LogP contribution in [-0.4, -0.2) is 61.4 Å². The minimum Gasteiger partial charge on any atom is -0.462 e. The first-order valence-corrected chi connectivity index (χ1v) is 12.7. The van der Waals surface area contributed by atoms with Crippen LogP contribution in [0, 0.1) is 20.8 Å². The first kappa shape index (κ1) is 22.6. The molecule has 1 fully saturated rings. The van der Waals surface area contributed by atoms with Crippen LogP contribution in [-0.2, 0) is 14.8 Å². The lowest BCUT2D eigenvalue weighted by atomic mass is 10.2. The second-order valence-electron chi connectivity index (χ2n) is 7.76. The molecule has 0 bridgehead atoms. The highest BCUT2D eigenvalue weighted by atomic mass is 32.2. The van der Waals surface area contributed by atoms with Crippen LogP contribution in [0.4, 0.5) is 5.82 Å². The Kier molecular flexibility index (Phi) is 6.19. The smallest absolute Gasteiger partial charge is 0.348 e. The van der Waals surface area contributed by atoms with Crippen LogP contribution < -0.4 is 4.90 Å². The summed E-state index contributed by atoms with van der Waals surface area (Å²) < 4.78 is 32.8. The number of aryl methyl sites for hydroxylation is 3. The number of aromatic nitrogens is 2. The number of carbonyl (C=O) groups excluding carboxylic acids is 1. The van der Waals surface area contributed by atoms with E-state index in [1.807, 2.05) is 32.9 Å². The van der Waals surface area contributed by atoms with Gasteiger partial charge in [-0.15, -0.1) is 11.3 Å². The predicted octanol–water partition coefficient (Wildman–Crippen LogP) is 3.30. The standard InChI is InChI=1S/C22H26N4O4S2/c1-5-30-22(27)19-15(3)18-20(23-16(4)24-21(18)31-19)25-10-12-26(13-11-25)32(28,29)17-8-6-14(2)7-9-17/h6-9H,5,10-13H2,1-4H3. The van der Waals surface area contributed by atoms with E-state index < -0.39 is 10.0 Å². The van der Waals surface area contributed by atoms with Gasteiger partial charge in [0.25, 0.3) is 0 Å². The van der Waals surface area contributed by atoms with Crippen molar-refractivity contribution in [3.63, 3.8) is 0 Å². The molecule has 0 unspecified atom stereocenters. The van der Waals surface area contributed by atoms with Gasteiger partial charge < -0.3 is 9.64 Å². The Labute approximate surface area is 191 Å². The zero-order valence-electron chi connectivity index (χ0n) is 18.6. The Hall–Kier alpha value is -2.56. The molecule has 2 aromatic heterocycles. The number of hydrogen-bond acceptors (Lipinski definition) is 8. The molecule has 170 valence electrons. The second kappa shape index (κ2) is 8.76. The van der Waals surface area contributed by atoms with Crippen LogP contribution >= 0.6 is 11.3 Å². The Balaban J connectivity index is 1.61. The Morgan fingerprint density at radius 3 is 2.34 bits per heavy atom. The monoisotopic (exact) mass is 474 g/mol. The fraction of sp³-hybridized carbons (Fsp3) is 0.409. The number of nitrogens with zero attached hydrogens (tertiary/aromatic N) is 4. The van der Waals surface area contributed by atoms with Gasteiger partial charge in [-0.2, -0.15) is 4.31 Å². The van der Waals surface area contributed by atoms with Crippen molar-refractivity contribution < 1.29 is 17.9 Å². The molecule has 8 nitrogen and oxygen atoms in total. The number of thiophene rings is 1. The number of fused-ring (bicyclic) bond motifs is 1. The zero-order valence-corrected chi connectivity index (χ0v) is 20.2. The van der Waals surface area contributed by atoms with E-state index in [-0.39, 0.29) is 5.97 Å². The molecule has 10 heteroatoms. The number of hydrogen-bond donors (Lipinski definition) is 0. The topological polar surface area (TPSA) is 92.7 Å². The number of carbonyl (C=O) groups is 1. The number of rotatable bonds is 5. The number of esters is 1. The van der Waals surface area contributed by atoms with E-state index in [9.17, 15) is 13.2 Å². The van der Waals surface area contributed by atoms with Crippen molar-refractivity contribution in [1.82, 2.24) is 14.3 Å². The largest absolute Gasteiger partial charge is 0.462 e. The quantitative estimate of drug-likeness (QED) is 0.524. The maximum absolute atomic E-state index is 13.0. The van der Waals surface area contributed by atoms with E-state index in [1.54, 1.807) is 19.1 Å². The van der Waals surface area contributed by atoms with Crippen molar-refractivity contribution in [1.29, 1.82) is 0 Å². The van der Waals surface area contributed by atoms with Crippen molar-refractivity contribution in [2.75, 3.05) is 37.7 Å². The van der Waals surface area contributed by atoms with Crippen molar-refractivity contribution in [2.24, 2.45) is 0 Å². The highest BCUT2D eigenvalue weighted by Crippen LogP contribution is 2.36. The summed E-state index contributed by atoms with van der Waals surface area (Å²) >= 11 is 1.31. The number of piperazine rings is 1. The van der Waals surface area contributed by atoms with E-state index in [1.165, 1.54) is 15.6 Å². The SMILES string of the molecule is CCOC(=O)c1sc2nc(C)nc(N3CCN(S(=O)(=O)c4ccc(C)cc4)CC3)c2c1C. The summed E-state index contributed by atoms with van der Waals surface area (Å²) in [5, 5.41) is 0.832. The van der Waals surface area contributed by atoms with Crippen molar-refractivity contribution in [3.8, 4) is 0 Å². The third-order valence-electron chi connectivity index (χ3n) is 5.54. The minimum absolute atomic E-state index is 0.307. The van der Waals surface area contributed by atoms with Crippen LogP contribution in [0.25, 0.3) is 10.2 Å². The van der Waals surface area contributed by atoms with Gasteiger partial charge in [0.05, 0.1) is 16.9 Å². The zero-order chi connectivity index (χ0) is 23.0. The highest BCUT2D eigenvalue weighted by molar-refractivity contribution is 7.89. The molecule has 0 aliphatic carbocycles. The van der Waals surface area contributed by atoms with E-state index >= 15 is 0 Å². The highest BCUT2D eigenvalue weighted by Gasteiger charge is 2.31. The molecule has 1 saturated heterocycles. The molecule has 3 heterocycles. The van der Waals surface area contributed by atoms with Crippen LogP contribution in [0.3, 0.4) is 0 Å². The predicted molar refractivity (Wildman–Crippen MR) is 125 cm³/mol. The van der Waals surface area contributed by atoms with E-state index in [4.69, 9.17) is 4.74 Å². The molecule has 1 aliphatic rings. The lowest BCUT2D eigenvalue weighted by molar-refractivity contribution is 0.0531. The summed E-state index contributed by atoms with van der Waals surface area (Å²) in [5.41, 5.74) is 1.82. The van der Waals surface area contributed by atoms with Gasteiger partial charge in [-0.1, -0.05) is 17.7 Å². The molecule has 1 aliphatic heterocycles. The summed E-state index contributed by atoms with van der Waals surface area (Å²) in [4.78, 5) is 25.2. The maximum Gasteiger partial charge on any atom is 0.348 e. The Bertz CT molecular complexity index is 1260. The molecule has 0 amide bonds. The molecular formula is C22H26N4O4S2. The van der Waals surface area contributed by atoms with Crippen LogP contribution in [0.15, 0.2) is 29.2 Å². The van der Waals surface area contributed by atoms with E-state index in [2.05, 4.69) is 14.9 Å². The average Bonchev–Trinajstić information content (AvgIpc) is 3.10. The summed E-state index contributed by atoms with van der Waals surface area (Å²) in [6.45, 7) is 9.43. The normalized spacial score (nSPS) is 15.3. The second-order valence-corrected chi connectivity index (χ2v) is 10.7. The number of anilines is 1. The Morgan fingerprint density at radius 1 is 1.06 bits per heavy atom. The summed E-state index contributed by atoms with van der Waals surface area (Å²) in [7, 11) is -3.54. The van der Waals surface area contributed by atoms with Crippen molar-refractivity contribution >= 4 is 43.4 Å². The van der Waals surface area contributed by atoms with Crippen molar-refractivity contribution in [2.45, 2.75) is 32.6 Å². The minimum atomic E-state index is -3.54. The molecule has 3 aromatic rings. The van der Waals surface area contributed by atoms with Gasteiger partial charge in [0.2, 0.25) is 10.0 Å². The van der Waals surface area contributed by atoms with Gasteiger partial charge in [-0.3, -0.25) is 0 Å². The van der Waals surface area contributed by atoms with Gasteiger partial charge in [0.1, 0.15) is 21.3 Å². The Morgan fingerprint density at radius 2 is 1.72 bits per heavy atom. The summed E-state index contributed by atoms with van der Waals surface area (Å²) in [6.07, 6.45) is 0. The summed E-state index contributed by atoms with van der Waals surface area (Å²) in [6, 6.07) is 6.92.